The molecule has 2 unspecified atom stereocenters. The van der Waals surface area contributed by atoms with Gasteiger partial charge in [-0.15, -0.1) is 0 Å². The minimum atomic E-state index is 0.148. The lowest BCUT2D eigenvalue weighted by molar-refractivity contribution is 0.101. The average Bonchev–Trinajstić information content (AvgIpc) is 2.91. The molecule has 2 fully saturated rings. The lowest BCUT2D eigenvalue weighted by Gasteiger charge is -2.29. The molecule has 2 aliphatic rings. The van der Waals surface area contributed by atoms with E-state index in [0.717, 1.165) is 17.5 Å². The summed E-state index contributed by atoms with van der Waals surface area (Å²) in [5.41, 5.74) is 2.10. The monoisotopic (exact) mass is 215 g/mol. The summed E-state index contributed by atoms with van der Waals surface area (Å²) in [6.45, 7) is 2.83. The van der Waals surface area contributed by atoms with E-state index in [4.69, 9.17) is 0 Å². The van der Waals surface area contributed by atoms with Crippen LogP contribution in [-0.4, -0.2) is 18.4 Å². The van der Waals surface area contributed by atoms with Gasteiger partial charge in [-0.25, -0.2) is 0 Å². The fourth-order valence-corrected chi connectivity index (χ4v) is 3.13. The van der Waals surface area contributed by atoms with Gasteiger partial charge in [-0.3, -0.25) is 4.79 Å². The van der Waals surface area contributed by atoms with Crippen LogP contribution in [0.3, 0.4) is 0 Å². The zero-order valence-corrected chi connectivity index (χ0v) is 9.65. The lowest BCUT2D eigenvalue weighted by Crippen LogP contribution is -2.31. The van der Waals surface area contributed by atoms with E-state index in [1.54, 1.807) is 6.92 Å². The van der Waals surface area contributed by atoms with Crippen LogP contribution in [-0.2, 0) is 0 Å². The summed E-state index contributed by atoms with van der Waals surface area (Å²) in [6, 6.07) is 8.84. The number of benzene rings is 1. The van der Waals surface area contributed by atoms with Crippen molar-refractivity contribution in [3.05, 3.63) is 29.8 Å². The Bertz CT molecular complexity index is 409. The third kappa shape index (κ3) is 1.53. The molecule has 2 nitrogen and oxygen atoms in total. The van der Waals surface area contributed by atoms with E-state index < -0.39 is 0 Å². The standard InChI is InChI=1S/C14H17NO/c1-10(16)12-3-6-13(7-4-12)15-9-11-2-5-14(15)8-11/h3-4,6-7,11,14H,2,5,8-9H2,1H3. The molecule has 0 spiro atoms. The van der Waals surface area contributed by atoms with Gasteiger partial charge in [-0.05, 0) is 56.4 Å². The van der Waals surface area contributed by atoms with Gasteiger partial charge in [0.25, 0.3) is 0 Å². The van der Waals surface area contributed by atoms with Gasteiger partial charge in [0, 0.05) is 23.8 Å². The Kier molecular flexibility index (Phi) is 2.23. The van der Waals surface area contributed by atoms with Gasteiger partial charge in [-0.1, -0.05) is 0 Å². The maximum atomic E-state index is 11.2. The number of piperidine rings is 1. The van der Waals surface area contributed by atoms with Crippen molar-refractivity contribution in [2.24, 2.45) is 5.92 Å². The number of carbonyl (C=O) groups excluding carboxylic acids is 1. The Morgan fingerprint density at radius 1 is 1.25 bits per heavy atom. The van der Waals surface area contributed by atoms with E-state index in [9.17, 15) is 4.79 Å². The van der Waals surface area contributed by atoms with Gasteiger partial charge in [0.2, 0.25) is 0 Å². The number of ketones is 1. The molecule has 2 bridgehead atoms. The second-order valence-electron chi connectivity index (χ2n) is 5.09. The van der Waals surface area contributed by atoms with E-state index in [1.807, 2.05) is 12.1 Å². The van der Waals surface area contributed by atoms with Crippen molar-refractivity contribution >= 4 is 11.5 Å². The van der Waals surface area contributed by atoms with E-state index in [0.29, 0.717) is 0 Å². The van der Waals surface area contributed by atoms with Gasteiger partial charge in [0.1, 0.15) is 0 Å². The largest absolute Gasteiger partial charge is 0.368 e. The molecule has 0 amide bonds. The van der Waals surface area contributed by atoms with Crippen molar-refractivity contribution in [1.29, 1.82) is 0 Å². The first-order chi connectivity index (χ1) is 7.74. The van der Waals surface area contributed by atoms with Crippen LogP contribution >= 0.6 is 0 Å². The molecule has 1 aromatic carbocycles. The number of hydrogen-bond acceptors (Lipinski definition) is 2. The van der Waals surface area contributed by atoms with E-state index in [2.05, 4.69) is 17.0 Å². The van der Waals surface area contributed by atoms with Gasteiger partial charge >= 0.3 is 0 Å². The van der Waals surface area contributed by atoms with Crippen LogP contribution in [0.5, 0.6) is 0 Å². The number of rotatable bonds is 2. The van der Waals surface area contributed by atoms with Crippen LogP contribution in [0.15, 0.2) is 24.3 Å². The highest BCUT2D eigenvalue weighted by Crippen LogP contribution is 2.40. The summed E-state index contributed by atoms with van der Waals surface area (Å²) in [5.74, 6) is 1.06. The number of carbonyl (C=O) groups is 1. The average molecular weight is 215 g/mol. The maximum absolute atomic E-state index is 11.2. The quantitative estimate of drug-likeness (QED) is 0.707. The van der Waals surface area contributed by atoms with Crippen LogP contribution in [0.1, 0.15) is 36.5 Å². The zero-order valence-electron chi connectivity index (χ0n) is 9.65. The van der Waals surface area contributed by atoms with Crippen molar-refractivity contribution in [3.8, 4) is 0 Å². The van der Waals surface area contributed by atoms with Crippen molar-refractivity contribution in [1.82, 2.24) is 0 Å². The normalized spacial score (nSPS) is 27.4. The van der Waals surface area contributed by atoms with E-state index in [-0.39, 0.29) is 5.78 Å². The summed E-state index contributed by atoms with van der Waals surface area (Å²) in [5, 5.41) is 0. The molecule has 0 radical (unpaired) electrons. The number of anilines is 1. The molecule has 1 aromatic rings. The second kappa shape index (κ2) is 3.62. The Hall–Kier alpha value is -1.31. The minimum absolute atomic E-state index is 0.148. The molecule has 1 aliphatic carbocycles. The molecule has 2 heteroatoms. The Labute approximate surface area is 96.3 Å². The summed E-state index contributed by atoms with van der Waals surface area (Å²) in [7, 11) is 0. The Balaban J connectivity index is 1.82. The minimum Gasteiger partial charge on any atom is -0.368 e. The van der Waals surface area contributed by atoms with Gasteiger partial charge < -0.3 is 4.90 Å². The van der Waals surface area contributed by atoms with Gasteiger partial charge in [0.15, 0.2) is 5.78 Å². The highest BCUT2D eigenvalue weighted by Gasteiger charge is 2.37. The van der Waals surface area contributed by atoms with Crippen LogP contribution in [0.25, 0.3) is 0 Å². The fraction of sp³-hybridized carbons (Fsp3) is 0.500. The predicted octanol–water partition coefficient (Wildman–Crippen LogP) is 2.88. The van der Waals surface area contributed by atoms with Gasteiger partial charge in [-0.2, -0.15) is 0 Å². The lowest BCUT2D eigenvalue weighted by atomic mass is 10.1. The van der Waals surface area contributed by atoms with Crippen molar-refractivity contribution in [3.63, 3.8) is 0 Å². The molecular formula is C14H17NO. The second-order valence-corrected chi connectivity index (χ2v) is 5.09. The smallest absolute Gasteiger partial charge is 0.159 e. The van der Waals surface area contributed by atoms with Crippen LogP contribution < -0.4 is 4.90 Å². The van der Waals surface area contributed by atoms with Crippen molar-refractivity contribution in [2.75, 3.05) is 11.4 Å². The summed E-state index contributed by atoms with van der Waals surface area (Å²) >= 11 is 0. The third-order valence-electron chi connectivity index (χ3n) is 4.01. The first-order valence-electron chi connectivity index (χ1n) is 6.11. The Morgan fingerprint density at radius 3 is 2.50 bits per heavy atom. The van der Waals surface area contributed by atoms with E-state index >= 15 is 0 Å². The van der Waals surface area contributed by atoms with E-state index in [1.165, 1.54) is 31.5 Å². The molecule has 1 heterocycles. The molecule has 16 heavy (non-hydrogen) atoms. The molecule has 0 aromatic heterocycles. The molecule has 2 atom stereocenters. The fourth-order valence-electron chi connectivity index (χ4n) is 3.13. The summed E-state index contributed by atoms with van der Waals surface area (Å²) in [6.07, 6.45) is 4.13. The molecule has 1 saturated carbocycles. The third-order valence-corrected chi connectivity index (χ3v) is 4.01. The molecular weight excluding hydrogens is 198 g/mol. The number of Topliss-reactive ketones (excluding diaryl/α,β-unsaturated/α-hetero) is 1. The first kappa shape index (κ1) is 9.88. The molecule has 3 rings (SSSR count). The van der Waals surface area contributed by atoms with Gasteiger partial charge in [0.05, 0.1) is 0 Å². The van der Waals surface area contributed by atoms with Crippen LogP contribution in [0, 0.1) is 5.92 Å². The molecule has 1 saturated heterocycles. The van der Waals surface area contributed by atoms with Crippen LogP contribution in [0.2, 0.25) is 0 Å². The highest BCUT2D eigenvalue weighted by molar-refractivity contribution is 5.94. The highest BCUT2D eigenvalue weighted by atomic mass is 16.1. The molecule has 1 aliphatic heterocycles. The summed E-state index contributed by atoms with van der Waals surface area (Å²) < 4.78 is 0. The van der Waals surface area contributed by atoms with Crippen LogP contribution in [0.4, 0.5) is 5.69 Å². The number of hydrogen-bond donors (Lipinski definition) is 0. The zero-order chi connectivity index (χ0) is 11.1. The Morgan fingerprint density at radius 2 is 2.00 bits per heavy atom. The number of nitrogens with zero attached hydrogens (tertiary/aromatic N) is 1. The maximum Gasteiger partial charge on any atom is 0.159 e. The molecule has 0 N–H and O–H groups in total. The van der Waals surface area contributed by atoms with Crippen molar-refractivity contribution in [2.45, 2.75) is 32.2 Å². The first-order valence-corrected chi connectivity index (χ1v) is 6.11. The topological polar surface area (TPSA) is 20.3 Å². The number of fused-ring (bicyclic) bond motifs is 2. The SMILES string of the molecule is CC(=O)c1ccc(N2CC3CCC2C3)cc1. The van der Waals surface area contributed by atoms with Crippen molar-refractivity contribution < 1.29 is 4.79 Å². The predicted molar refractivity (Wildman–Crippen MR) is 64.9 cm³/mol. The summed E-state index contributed by atoms with van der Waals surface area (Å²) in [4.78, 5) is 13.7. The molecule has 84 valence electrons.